The summed E-state index contributed by atoms with van der Waals surface area (Å²) in [5.41, 5.74) is 3.40. The molecular formula is C20H27N3O. The van der Waals surface area contributed by atoms with Gasteiger partial charge in [0.15, 0.2) is 0 Å². The Hall–Kier alpha value is -1.65. The fraction of sp³-hybridized carbons (Fsp3) is 0.550. The summed E-state index contributed by atoms with van der Waals surface area (Å²) in [5, 5.41) is 5.02. The Kier molecular flexibility index (Phi) is 4.67. The maximum Gasteiger partial charge on any atom is 0.0725 e. The normalized spacial score (nSPS) is 23.0. The van der Waals surface area contributed by atoms with Gasteiger partial charge in [0.2, 0.25) is 0 Å². The molecule has 0 saturated carbocycles. The molecule has 2 aliphatic rings. The minimum absolute atomic E-state index is 0.561. The van der Waals surface area contributed by atoms with Crippen LogP contribution in [0, 0.1) is 12.8 Å². The van der Waals surface area contributed by atoms with Crippen LogP contribution in [0.5, 0.6) is 0 Å². The van der Waals surface area contributed by atoms with Gasteiger partial charge in [-0.15, -0.1) is 0 Å². The van der Waals surface area contributed by atoms with Crippen LogP contribution >= 0.6 is 0 Å². The molecule has 1 N–H and O–H groups in total. The third-order valence-corrected chi connectivity index (χ3v) is 5.33. The quantitative estimate of drug-likeness (QED) is 0.934. The Morgan fingerprint density at radius 2 is 2.04 bits per heavy atom. The summed E-state index contributed by atoms with van der Waals surface area (Å²) >= 11 is 0. The van der Waals surface area contributed by atoms with Crippen LogP contribution in [-0.2, 0) is 4.74 Å². The summed E-state index contributed by atoms with van der Waals surface area (Å²) in [4.78, 5) is 7.26. The highest BCUT2D eigenvalue weighted by atomic mass is 16.5. The van der Waals surface area contributed by atoms with Gasteiger partial charge in [-0.1, -0.05) is 18.2 Å². The number of hydrogen-bond donors (Lipinski definition) is 1. The standard InChI is InChI=1S/C20H27N3O/c1-15-12-20(18-4-2-3-5-19(18)21-15)22-17-6-9-23(10-7-17)13-16-8-11-24-14-16/h2-5,12,16-17H,6-11,13-14H2,1H3,(H,21,22). The van der Waals surface area contributed by atoms with E-state index in [2.05, 4.69) is 52.5 Å². The smallest absolute Gasteiger partial charge is 0.0725 e. The number of para-hydroxylation sites is 1. The molecule has 4 rings (SSSR count). The Labute approximate surface area is 144 Å². The van der Waals surface area contributed by atoms with Crippen LogP contribution in [0.4, 0.5) is 5.69 Å². The summed E-state index contributed by atoms with van der Waals surface area (Å²) < 4.78 is 5.51. The van der Waals surface area contributed by atoms with E-state index in [0.717, 1.165) is 30.3 Å². The van der Waals surface area contributed by atoms with Crippen molar-refractivity contribution >= 4 is 16.6 Å². The average molecular weight is 325 g/mol. The van der Waals surface area contributed by atoms with Gasteiger partial charge in [-0.3, -0.25) is 4.98 Å². The lowest BCUT2D eigenvalue weighted by molar-refractivity contribution is 0.154. The summed E-state index contributed by atoms with van der Waals surface area (Å²) in [6.07, 6.45) is 3.66. The van der Waals surface area contributed by atoms with Crippen LogP contribution in [0.1, 0.15) is 25.0 Å². The summed E-state index contributed by atoms with van der Waals surface area (Å²) in [5.74, 6) is 0.751. The number of fused-ring (bicyclic) bond motifs is 1. The van der Waals surface area contributed by atoms with Gasteiger partial charge in [0, 0.05) is 49.1 Å². The van der Waals surface area contributed by atoms with Crippen molar-refractivity contribution in [3.05, 3.63) is 36.0 Å². The number of benzene rings is 1. The van der Waals surface area contributed by atoms with Gasteiger partial charge in [0.1, 0.15) is 0 Å². The molecule has 0 bridgehead atoms. The molecule has 0 radical (unpaired) electrons. The molecule has 2 saturated heterocycles. The number of likely N-dealkylation sites (tertiary alicyclic amines) is 1. The third-order valence-electron chi connectivity index (χ3n) is 5.33. The minimum Gasteiger partial charge on any atom is -0.382 e. The maximum absolute atomic E-state index is 5.51. The molecule has 4 nitrogen and oxygen atoms in total. The molecule has 1 unspecified atom stereocenters. The highest BCUT2D eigenvalue weighted by Gasteiger charge is 2.24. The molecule has 24 heavy (non-hydrogen) atoms. The van der Waals surface area contributed by atoms with Gasteiger partial charge < -0.3 is 15.0 Å². The summed E-state index contributed by atoms with van der Waals surface area (Å²) in [7, 11) is 0. The SMILES string of the molecule is Cc1cc(NC2CCN(CC3CCOC3)CC2)c2ccccc2n1. The first-order valence-corrected chi connectivity index (χ1v) is 9.21. The van der Waals surface area contributed by atoms with Crippen LogP contribution in [0.15, 0.2) is 30.3 Å². The zero-order chi connectivity index (χ0) is 16.4. The van der Waals surface area contributed by atoms with Crippen molar-refractivity contribution in [2.75, 3.05) is 38.2 Å². The van der Waals surface area contributed by atoms with E-state index in [4.69, 9.17) is 4.74 Å². The van der Waals surface area contributed by atoms with Gasteiger partial charge >= 0.3 is 0 Å². The van der Waals surface area contributed by atoms with Crippen molar-refractivity contribution < 1.29 is 4.74 Å². The highest BCUT2D eigenvalue weighted by Crippen LogP contribution is 2.26. The second-order valence-corrected chi connectivity index (χ2v) is 7.28. The Balaban J connectivity index is 1.38. The van der Waals surface area contributed by atoms with Crippen molar-refractivity contribution in [1.82, 2.24) is 9.88 Å². The first kappa shape index (κ1) is 15.9. The van der Waals surface area contributed by atoms with Crippen LogP contribution in [0.2, 0.25) is 0 Å². The van der Waals surface area contributed by atoms with Gasteiger partial charge in [0.25, 0.3) is 0 Å². The molecule has 0 amide bonds. The number of hydrogen-bond acceptors (Lipinski definition) is 4. The van der Waals surface area contributed by atoms with Gasteiger partial charge in [-0.25, -0.2) is 0 Å². The number of anilines is 1. The molecule has 2 aliphatic heterocycles. The summed E-state index contributed by atoms with van der Waals surface area (Å²) in [6.45, 7) is 7.58. The molecule has 1 aromatic heterocycles. The number of ether oxygens (including phenoxy) is 1. The Morgan fingerprint density at radius 1 is 1.21 bits per heavy atom. The fourth-order valence-corrected chi connectivity index (χ4v) is 4.00. The second-order valence-electron chi connectivity index (χ2n) is 7.28. The van der Waals surface area contributed by atoms with Gasteiger partial charge in [-0.05, 0) is 44.2 Å². The molecule has 0 spiro atoms. The van der Waals surface area contributed by atoms with Gasteiger partial charge in [-0.2, -0.15) is 0 Å². The van der Waals surface area contributed by atoms with E-state index in [1.807, 2.05) is 0 Å². The fourth-order valence-electron chi connectivity index (χ4n) is 4.00. The van der Waals surface area contributed by atoms with Crippen molar-refractivity contribution in [2.24, 2.45) is 5.92 Å². The topological polar surface area (TPSA) is 37.4 Å². The van der Waals surface area contributed by atoms with E-state index >= 15 is 0 Å². The maximum atomic E-state index is 5.51. The van der Waals surface area contributed by atoms with Crippen molar-refractivity contribution in [3.8, 4) is 0 Å². The van der Waals surface area contributed by atoms with E-state index in [-0.39, 0.29) is 0 Å². The number of rotatable bonds is 4. The molecule has 2 fully saturated rings. The highest BCUT2D eigenvalue weighted by molar-refractivity contribution is 5.91. The third kappa shape index (κ3) is 3.55. The lowest BCUT2D eigenvalue weighted by Crippen LogP contribution is -2.41. The van der Waals surface area contributed by atoms with Crippen LogP contribution < -0.4 is 5.32 Å². The van der Waals surface area contributed by atoms with Crippen molar-refractivity contribution in [3.63, 3.8) is 0 Å². The van der Waals surface area contributed by atoms with Crippen LogP contribution in [0.3, 0.4) is 0 Å². The molecule has 4 heteroatoms. The first-order chi connectivity index (χ1) is 11.8. The first-order valence-electron chi connectivity index (χ1n) is 9.21. The number of nitrogens with zero attached hydrogens (tertiary/aromatic N) is 2. The van der Waals surface area contributed by atoms with Crippen molar-refractivity contribution in [2.45, 2.75) is 32.2 Å². The Bertz CT molecular complexity index is 688. The predicted molar refractivity (Wildman–Crippen MR) is 98.5 cm³/mol. The largest absolute Gasteiger partial charge is 0.382 e. The number of aromatic nitrogens is 1. The summed E-state index contributed by atoms with van der Waals surface area (Å²) in [6, 6.07) is 11.2. The zero-order valence-electron chi connectivity index (χ0n) is 14.5. The number of piperidine rings is 1. The average Bonchev–Trinajstić information content (AvgIpc) is 3.09. The van der Waals surface area contributed by atoms with E-state index in [1.54, 1.807) is 0 Å². The lowest BCUT2D eigenvalue weighted by Gasteiger charge is -2.34. The van der Waals surface area contributed by atoms with Crippen LogP contribution in [-0.4, -0.2) is 48.8 Å². The molecule has 0 aliphatic carbocycles. The molecular weight excluding hydrogens is 298 g/mol. The molecule has 1 aromatic carbocycles. The predicted octanol–water partition coefficient (Wildman–Crippen LogP) is 3.46. The van der Waals surface area contributed by atoms with Crippen molar-refractivity contribution in [1.29, 1.82) is 0 Å². The lowest BCUT2D eigenvalue weighted by atomic mass is 10.0. The van der Waals surface area contributed by atoms with E-state index in [1.165, 1.54) is 50.0 Å². The monoisotopic (exact) mass is 325 g/mol. The van der Waals surface area contributed by atoms with E-state index in [9.17, 15) is 0 Å². The molecule has 3 heterocycles. The van der Waals surface area contributed by atoms with Crippen LogP contribution in [0.25, 0.3) is 10.9 Å². The number of nitrogens with one attached hydrogen (secondary N) is 1. The Morgan fingerprint density at radius 3 is 2.83 bits per heavy atom. The number of pyridine rings is 1. The number of aryl methyl sites for hydroxylation is 1. The second kappa shape index (κ2) is 7.08. The molecule has 128 valence electrons. The molecule has 2 aromatic rings. The van der Waals surface area contributed by atoms with Gasteiger partial charge in [0.05, 0.1) is 12.1 Å². The van der Waals surface area contributed by atoms with E-state index in [0.29, 0.717) is 6.04 Å². The zero-order valence-corrected chi connectivity index (χ0v) is 14.5. The molecule has 1 atom stereocenters. The van der Waals surface area contributed by atoms with E-state index < -0.39 is 0 Å². The minimum atomic E-state index is 0.561.